The number of nitrogens with zero attached hydrogens (tertiary/aromatic N) is 2. The molecule has 1 aliphatic rings. The highest BCUT2D eigenvalue weighted by molar-refractivity contribution is 9.10. The summed E-state index contributed by atoms with van der Waals surface area (Å²) < 4.78 is 1.16. The van der Waals surface area contributed by atoms with Gasteiger partial charge in [0.1, 0.15) is 0 Å². The molecule has 1 saturated heterocycles. The maximum Gasteiger partial charge on any atom is 0.0657 e. The molecule has 0 bridgehead atoms. The average Bonchev–Trinajstić information content (AvgIpc) is 2.29. The lowest BCUT2D eigenvalue weighted by molar-refractivity contribution is 0.487. The summed E-state index contributed by atoms with van der Waals surface area (Å²) >= 11 is 3.61. The predicted molar refractivity (Wildman–Crippen MR) is 69.4 cm³/mol. The van der Waals surface area contributed by atoms with Crippen molar-refractivity contribution in [2.75, 3.05) is 18.0 Å². The monoisotopic (exact) mass is 278 g/mol. The Balaban J connectivity index is 2.12. The Labute approximate surface area is 105 Å². The molecule has 2 nitrogen and oxygen atoms in total. The van der Waals surface area contributed by atoms with Crippen molar-refractivity contribution in [3.63, 3.8) is 0 Å². The van der Waals surface area contributed by atoms with Gasteiger partial charge in [0.15, 0.2) is 0 Å². The van der Waals surface area contributed by atoms with Crippen molar-refractivity contribution < 1.29 is 0 Å². The van der Waals surface area contributed by atoms with Crippen molar-refractivity contribution in [1.29, 1.82) is 5.26 Å². The van der Waals surface area contributed by atoms with Gasteiger partial charge in [0, 0.05) is 23.5 Å². The van der Waals surface area contributed by atoms with Gasteiger partial charge >= 0.3 is 0 Å². The molecule has 0 aliphatic carbocycles. The Kier molecular flexibility index (Phi) is 3.50. The van der Waals surface area contributed by atoms with Gasteiger partial charge in [0.25, 0.3) is 0 Å². The second kappa shape index (κ2) is 4.88. The predicted octanol–water partition coefficient (Wildman–Crippen LogP) is 3.50. The number of anilines is 1. The molecule has 0 unspecified atom stereocenters. The SMILES string of the molecule is Cc1ccc(N2CCC(C#N)CC2)c(Br)c1. The van der Waals surface area contributed by atoms with Crippen LogP contribution in [0.4, 0.5) is 5.69 Å². The van der Waals surface area contributed by atoms with E-state index in [9.17, 15) is 0 Å². The zero-order valence-electron chi connectivity index (χ0n) is 9.41. The smallest absolute Gasteiger partial charge is 0.0657 e. The highest BCUT2D eigenvalue weighted by Crippen LogP contribution is 2.30. The van der Waals surface area contributed by atoms with Crippen LogP contribution < -0.4 is 4.90 Å². The van der Waals surface area contributed by atoms with Crippen molar-refractivity contribution in [2.45, 2.75) is 19.8 Å². The van der Waals surface area contributed by atoms with Gasteiger partial charge in [-0.05, 0) is 53.4 Å². The molecule has 1 aromatic rings. The first-order chi connectivity index (χ1) is 7.70. The van der Waals surface area contributed by atoms with Crippen LogP contribution >= 0.6 is 15.9 Å². The number of nitriles is 1. The van der Waals surface area contributed by atoms with E-state index in [-0.39, 0.29) is 5.92 Å². The Bertz CT molecular complexity index is 414. The van der Waals surface area contributed by atoms with E-state index in [4.69, 9.17) is 5.26 Å². The summed E-state index contributed by atoms with van der Waals surface area (Å²) in [6, 6.07) is 8.80. The molecule has 0 amide bonds. The van der Waals surface area contributed by atoms with E-state index in [0.717, 1.165) is 30.4 Å². The third kappa shape index (κ3) is 2.38. The van der Waals surface area contributed by atoms with Gasteiger partial charge in [-0.2, -0.15) is 5.26 Å². The lowest BCUT2D eigenvalue weighted by Gasteiger charge is -2.31. The molecule has 1 heterocycles. The second-order valence-corrected chi connectivity index (χ2v) is 5.20. The number of benzene rings is 1. The highest BCUT2D eigenvalue weighted by Gasteiger charge is 2.20. The Hall–Kier alpha value is -1.01. The van der Waals surface area contributed by atoms with Crippen molar-refractivity contribution in [2.24, 2.45) is 5.92 Å². The van der Waals surface area contributed by atoms with Crippen molar-refractivity contribution in [3.8, 4) is 6.07 Å². The Morgan fingerprint density at radius 1 is 1.38 bits per heavy atom. The van der Waals surface area contributed by atoms with Crippen LogP contribution in [0, 0.1) is 24.2 Å². The number of piperidine rings is 1. The molecule has 0 N–H and O–H groups in total. The summed E-state index contributed by atoms with van der Waals surface area (Å²) in [5.41, 5.74) is 2.52. The van der Waals surface area contributed by atoms with Crippen LogP contribution in [0.2, 0.25) is 0 Å². The molecule has 0 radical (unpaired) electrons. The van der Waals surface area contributed by atoms with Crippen LogP contribution in [-0.4, -0.2) is 13.1 Å². The molecule has 1 aromatic carbocycles. The van der Waals surface area contributed by atoms with Crippen LogP contribution in [0.25, 0.3) is 0 Å². The molecule has 84 valence electrons. The summed E-state index contributed by atoms with van der Waals surface area (Å²) in [7, 11) is 0. The number of rotatable bonds is 1. The fourth-order valence-electron chi connectivity index (χ4n) is 2.12. The minimum absolute atomic E-state index is 0.250. The van der Waals surface area contributed by atoms with E-state index in [1.54, 1.807) is 0 Å². The number of halogens is 1. The van der Waals surface area contributed by atoms with Gasteiger partial charge < -0.3 is 4.90 Å². The summed E-state index contributed by atoms with van der Waals surface area (Å²) in [4.78, 5) is 2.36. The Morgan fingerprint density at radius 2 is 2.06 bits per heavy atom. The van der Waals surface area contributed by atoms with Gasteiger partial charge in [0.05, 0.1) is 11.8 Å². The van der Waals surface area contributed by atoms with Gasteiger partial charge in [-0.1, -0.05) is 6.07 Å². The first-order valence-electron chi connectivity index (χ1n) is 5.61. The molecule has 16 heavy (non-hydrogen) atoms. The number of aryl methyl sites for hydroxylation is 1. The van der Waals surface area contributed by atoms with E-state index in [2.05, 4.69) is 52.0 Å². The quantitative estimate of drug-likeness (QED) is 0.786. The molecule has 1 fully saturated rings. The van der Waals surface area contributed by atoms with Gasteiger partial charge in [-0.3, -0.25) is 0 Å². The molecular formula is C13H15BrN2. The third-order valence-corrected chi connectivity index (χ3v) is 3.76. The normalized spacial score (nSPS) is 17.2. The average molecular weight is 279 g/mol. The molecule has 0 spiro atoms. The molecule has 0 aromatic heterocycles. The zero-order chi connectivity index (χ0) is 11.5. The fraction of sp³-hybridized carbons (Fsp3) is 0.462. The third-order valence-electron chi connectivity index (χ3n) is 3.12. The summed E-state index contributed by atoms with van der Waals surface area (Å²) in [6.45, 7) is 4.07. The Morgan fingerprint density at radius 3 is 2.62 bits per heavy atom. The van der Waals surface area contributed by atoms with Gasteiger partial charge in [-0.25, -0.2) is 0 Å². The summed E-state index contributed by atoms with van der Waals surface area (Å²) in [5, 5.41) is 8.86. The number of hydrogen-bond acceptors (Lipinski definition) is 2. The molecule has 1 aliphatic heterocycles. The second-order valence-electron chi connectivity index (χ2n) is 4.35. The van der Waals surface area contributed by atoms with Crippen LogP contribution in [-0.2, 0) is 0 Å². The standard InChI is InChI=1S/C13H15BrN2/c1-10-2-3-13(12(14)8-10)16-6-4-11(9-15)5-7-16/h2-3,8,11H,4-7H2,1H3. The molecule has 3 heteroatoms. The van der Waals surface area contributed by atoms with E-state index < -0.39 is 0 Å². The van der Waals surface area contributed by atoms with Crippen molar-refractivity contribution in [1.82, 2.24) is 0 Å². The van der Waals surface area contributed by atoms with Gasteiger partial charge in [0.2, 0.25) is 0 Å². The molecule has 0 atom stereocenters. The summed E-state index contributed by atoms with van der Waals surface area (Å²) in [6.07, 6.45) is 1.97. The van der Waals surface area contributed by atoms with E-state index in [1.165, 1.54) is 11.3 Å². The van der Waals surface area contributed by atoms with Crippen LogP contribution in [0.1, 0.15) is 18.4 Å². The lowest BCUT2D eigenvalue weighted by atomic mass is 9.98. The lowest BCUT2D eigenvalue weighted by Crippen LogP contribution is -2.33. The van der Waals surface area contributed by atoms with E-state index >= 15 is 0 Å². The number of hydrogen-bond donors (Lipinski definition) is 0. The first-order valence-corrected chi connectivity index (χ1v) is 6.40. The van der Waals surface area contributed by atoms with Crippen molar-refractivity contribution >= 4 is 21.6 Å². The molecule has 2 rings (SSSR count). The van der Waals surface area contributed by atoms with Crippen molar-refractivity contribution in [3.05, 3.63) is 28.2 Å². The molecule has 0 saturated carbocycles. The first kappa shape index (κ1) is 11.5. The highest BCUT2D eigenvalue weighted by atomic mass is 79.9. The maximum absolute atomic E-state index is 8.86. The van der Waals surface area contributed by atoms with E-state index in [0.29, 0.717) is 0 Å². The largest absolute Gasteiger partial charge is 0.371 e. The minimum atomic E-state index is 0.250. The maximum atomic E-state index is 8.86. The minimum Gasteiger partial charge on any atom is -0.371 e. The summed E-state index contributed by atoms with van der Waals surface area (Å²) in [5.74, 6) is 0.250. The van der Waals surface area contributed by atoms with Crippen LogP contribution in [0.5, 0.6) is 0 Å². The van der Waals surface area contributed by atoms with Gasteiger partial charge in [-0.15, -0.1) is 0 Å². The fourth-order valence-corrected chi connectivity index (χ4v) is 2.86. The topological polar surface area (TPSA) is 27.0 Å². The van der Waals surface area contributed by atoms with Crippen LogP contribution in [0.15, 0.2) is 22.7 Å². The van der Waals surface area contributed by atoms with Crippen LogP contribution in [0.3, 0.4) is 0 Å². The molecular weight excluding hydrogens is 264 g/mol. The zero-order valence-corrected chi connectivity index (χ0v) is 11.0. The van der Waals surface area contributed by atoms with E-state index in [1.807, 2.05) is 0 Å².